The Morgan fingerprint density at radius 2 is 2.08 bits per heavy atom. The largest absolute Gasteiger partial charge is 0.390 e. The van der Waals surface area contributed by atoms with Gasteiger partial charge in [0.05, 0.1) is 6.10 Å². The molecule has 1 fully saturated rings. The van der Waals surface area contributed by atoms with Gasteiger partial charge < -0.3 is 10.2 Å². The minimum atomic E-state index is -0.796. The van der Waals surface area contributed by atoms with Crippen molar-refractivity contribution in [2.75, 3.05) is 0 Å². The van der Waals surface area contributed by atoms with E-state index in [1.54, 1.807) is 0 Å². The Kier molecular flexibility index (Phi) is 1.77. The monoisotopic (exact) mass is 168 g/mol. The molecule has 0 aliphatic heterocycles. The molecular weight excluding hydrogens is 156 g/mol. The lowest BCUT2D eigenvalue weighted by Gasteiger charge is -2.29. The molecule has 2 rings (SSSR count). The van der Waals surface area contributed by atoms with Crippen LogP contribution in [-0.4, -0.2) is 28.2 Å². The minimum absolute atomic E-state index is 0.0863. The maximum absolute atomic E-state index is 11.0. The van der Waals surface area contributed by atoms with Gasteiger partial charge in [-0.15, -0.1) is 0 Å². The number of hydrogen-bond donors (Lipinski definition) is 2. The van der Waals surface area contributed by atoms with Crippen molar-refractivity contribution in [1.29, 1.82) is 0 Å². The first-order valence-corrected chi connectivity index (χ1v) is 4.29. The molecule has 0 aromatic heterocycles. The number of carbonyl (C=O) groups is 1. The summed E-state index contributed by atoms with van der Waals surface area (Å²) in [5.74, 6) is 0.291. The first kappa shape index (κ1) is 7.95. The molecule has 0 amide bonds. The highest BCUT2D eigenvalue weighted by Crippen LogP contribution is 2.36. The number of rotatable bonds is 0. The number of carbonyl (C=O) groups excluding carboxylic acids is 1. The minimum Gasteiger partial charge on any atom is -0.390 e. The summed E-state index contributed by atoms with van der Waals surface area (Å²) in [6.45, 7) is 0. The Hall–Kier alpha value is -0.670. The molecule has 66 valence electrons. The zero-order valence-electron chi connectivity index (χ0n) is 6.73. The van der Waals surface area contributed by atoms with E-state index in [2.05, 4.69) is 0 Å². The fourth-order valence-corrected chi connectivity index (χ4v) is 2.07. The number of hydrogen-bond acceptors (Lipinski definition) is 3. The summed E-state index contributed by atoms with van der Waals surface area (Å²) in [7, 11) is 0. The van der Waals surface area contributed by atoms with Crippen molar-refractivity contribution in [3.05, 3.63) is 11.6 Å². The maximum atomic E-state index is 11.0. The molecule has 3 nitrogen and oxygen atoms in total. The van der Waals surface area contributed by atoms with Crippen molar-refractivity contribution in [3.8, 4) is 0 Å². The first-order chi connectivity index (χ1) is 5.68. The molecule has 0 heterocycles. The quantitative estimate of drug-likeness (QED) is 0.536. The Labute approximate surface area is 70.7 Å². The van der Waals surface area contributed by atoms with Crippen LogP contribution in [0.15, 0.2) is 11.6 Å². The van der Waals surface area contributed by atoms with E-state index in [4.69, 9.17) is 0 Å². The van der Waals surface area contributed by atoms with Gasteiger partial charge in [-0.1, -0.05) is 0 Å². The van der Waals surface area contributed by atoms with Gasteiger partial charge in [0.25, 0.3) is 0 Å². The zero-order chi connectivity index (χ0) is 8.72. The van der Waals surface area contributed by atoms with E-state index in [1.165, 1.54) is 6.08 Å². The van der Waals surface area contributed by atoms with E-state index in [0.717, 1.165) is 12.0 Å². The number of aliphatic hydroxyl groups excluding tert-OH is 2. The van der Waals surface area contributed by atoms with Crippen LogP contribution < -0.4 is 0 Å². The SMILES string of the molecule is O=C1C=C2[C@@H](CC[C@H](O)[C@H]2O)C1. The van der Waals surface area contributed by atoms with Crippen LogP contribution in [0.25, 0.3) is 0 Å². The van der Waals surface area contributed by atoms with Crippen molar-refractivity contribution in [2.45, 2.75) is 31.5 Å². The Morgan fingerprint density at radius 3 is 2.83 bits per heavy atom. The third-order valence-corrected chi connectivity index (χ3v) is 2.76. The van der Waals surface area contributed by atoms with Crippen molar-refractivity contribution in [2.24, 2.45) is 5.92 Å². The normalized spacial score (nSPS) is 41.0. The van der Waals surface area contributed by atoms with E-state index in [9.17, 15) is 15.0 Å². The zero-order valence-corrected chi connectivity index (χ0v) is 6.73. The van der Waals surface area contributed by atoms with Crippen molar-refractivity contribution >= 4 is 5.78 Å². The van der Waals surface area contributed by atoms with Gasteiger partial charge >= 0.3 is 0 Å². The third-order valence-electron chi connectivity index (χ3n) is 2.76. The fraction of sp³-hybridized carbons (Fsp3) is 0.667. The van der Waals surface area contributed by atoms with Crippen LogP contribution in [0.2, 0.25) is 0 Å². The van der Waals surface area contributed by atoms with E-state index >= 15 is 0 Å². The van der Waals surface area contributed by atoms with Gasteiger partial charge in [-0.05, 0) is 30.4 Å². The van der Waals surface area contributed by atoms with Crippen LogP contribution >= 0.6 is 0 Å². The Balaban J connectivity index is 2.23. The number of fused-ring (bicyclic) bond motifs is 1. The molecule has 0 bridgehead atoms. The molecule has 0 aromatic rings. The summed E-state index contributed by atoms with van der Waals surface area (Å²) in [5.41, 5.74) is 0.749. The molecule has 0 unspecified atom stereocenters. The average Bonchev–Trinajstić information content (AvgIpc) is 2.39. The number of ketones is 1. The summed E-state index contributed by atoms with van der Waals surface area (Å²) in [6.07, 6.45) is 2.00. The van der Waals surface area contributed by atoms with E-state index in [0.29, 0.717) is 12.8 Å². The fourth-order valence-electron chi connectivity index (χ4n) is 2.07. The maximum Gasteiger partial charge on any atom is 0.156 e. The van der Waals surface area contributed by atoms with E-state index in [-0.39, 0.29) is 11.7 Å². The molecule has 1 saturated carbocycles. The number of allylic oxidation sites excluding steroid dienone is 1. The molecule has 3 atom stereocenters. The average molecular weight is 168 g/mol. The molecule has 2 aliphatic rings. The molecule has 2 N–H and O–H groups in total. The van der Waals surface area contributed by atoms with Crippen LogP contribution in [0.3, 0.4) is 0 Å². The molecule has 0 aromatic carbocycles. The van der Waals surface area contributed by atoms with Gasteiger partial charge in [-0.2, -0.15) is 0 Å². The topological polar surface area (TPSA) is 57.5 Å². The molecule has 0 spiro atoms. The second kappa shape index (κ2) is 2.68. The summed E-state index contributed by atoms with van der Waals surface area (Å²) in [6, 6.07) is 0. The summed E-state index contributed by atoms with van der Waals surface area (Å²) < 4.78 is 0. The highest BCUT2D eigenvalue weighted by atomic mass is 16.3. The molecule has 3 heteroatoms. The molecular formula is C9H12O3. The van der Waals surface area contributed by atoms with E-state index < -0.39 is 12.2 Å². The van der Waals surface area contributed by atoms with Crippen molar-refractivity contribution in [3.63, 3.8) is 0 Å². The first-order valence-electron chi connectivity index (χ1n) is 4.29. The molecule has 12 heavy (non-hydrogen) atoms. The van der Waals surface area contributed by atoms with Crippen molar-refractivity contribution in [1.82, 2.24) is 0 Å². The van der Waals surface area contributed by atoms with Crippen LogP contribution in [0, 0.1) is 5.92 Å². The highest BCUT2D eigenvalue weighted by molar-refractivity contribution is 5.93. The van der Waals surface area contributed by atoms with Gasteiger partial charge in [0.15, 0.2) is 5.78 Å². The summed E-state index contributed by atoms with van der Waals surface area (Å²) in [4.78, 5) is 11.0. The van der Waals surface area contributed by atoms with Gasteiger partial charge in [-0.25, -0.2) is 0 Å². The predicted octanol–water partition coefficient (Wildman–Crippen LogP) is 0.0174. The summed E-state index contributed by atoms with van der Waals surface area (Å²) in [5, 5.41) is 18.8. The lowest BCUT2D eigenvalue weighted by Crippen LogP contribution is -2.34. The smallest absolute Gasteiger partial charge is 0.156 e. The molecule has 2 aliphatic carbocycles. The summed E-state index contributed by atoms with van der Waals surface area (Å²) >= 11 is 0. The lowest BCUT2D eigenvalue weighted by molar-refractivity contribution is -0.114. The number of aliphatic hydroxyl groups is 2. The van der Waals surface area contributed by atoms with Gasteiger partial charge in [0.2, 0.25) is 0 Å². The van der Waals surface area contributed by atoms with Crippen molar-refractivity contribution < 1.29 is 15.0 Å². The predicted molar refractivity (Wildman–Crippen MR) is 42.4 cm³/mol. The third kappa shape index (κ3) is 1.09. The van der Waals surface area contributed by atoms with Crippen LogP contribution in [0.4, 0.5) is 0 Å². The Bertz CT molecular complexity index is 244. The van der Waals surface area contributed by atoms with Gasteiger partial charge in [-0.3, -0.25) is 4.79 Å². The highest BCUT2D eigenvalue weighted by Gasteiger charge is 2.36. The molecule has 0 radical (unpaired) electrons. The Morgan fingerprint density at radius 1 is 1.33 bits per heavy atom. The van der Waals surface area contributed by atoms with E-state index in [1.807, 2.05) is 0 Å². The second-order valence-electron chi connectivity index (χ2n) is 3.60. The molecule has 0 saturated heterocycles. The van der Waals surface area contributed by atoms with Gasteiger partial charge in [0, 0.05) is 6.42 Å². The van der Waals surface area contributed by atoms with Crippen LogP contribution in [-0.2, 0) is 4.79 Å². The standard InChI is InChI=1S/C9H12O3/c10-6-3-5-1-2-8(11)9(12)7(5)4-6/h4-5,8-9,11-12H,1-3H2/t5-,8-,9-/m0/s1. The van der Waals surface area contributed by atoms with Crippen LogP contribution in [0.5, 0.6) is 0 Å². The second-order valence-corrected chi connectivity index (χ2v) is 3.60. The van der Waals surface area contributed by atoms with Gasteiger partial charge in [0.1, 0.15) is 6.10 Å². The lowest BCUT2D eigenvalue weighted by atomic mass is 9.82. The van der Waals surface area contributed by atoms with Crippen LogP contribution in [0.1, 0.15) is 19.3 Å².